The SMILES string of the molecule is Cc1ccc([C@@H](C)NCc2ccc(Br)cc2[N+](=O)[O-])cc1. The van der Waals surface area contributed by atoms with Crippen LogP contribution in [0.1, 0.15) is 29.7 Å². The molecule has 0 bridgehead atoms. The van der Waals surface area contributed by atoms with Crippen molar-refractivity contribution in [3.63, 3.8) is 0 Å². The Morgan fingerprint density at radius 3 is 2.52 bits per heavy atom. The molecule has 0 spiro atoms. The highest BCUT2D eigenvalue weighted by molar-refractivity contribution is 9.10. The van der Waals surface area contributed by atoms with E-state index < -0.39 is 0 Å². The Morgan fingerprint density at radius 1 is 1.24 bits per heavy atom. The van der Waals surface area contributed by atoms with E-state index in [1.54, 1.807) is 6.07 Å². The molecule has 110 valence electrons. The number of rotatable bonds is 5. The summed E-state index contributed by atoms with van der Waals surface area (Å²) in [4.78, 5) is 10.7. The lowest BCUT2D eigenvalue weighted by atomic mass is 10.1. The Kier molecular flexibility index (Phi) is 5.09. The van der Waals surface area contributed by atoms with Crippen molar-refractivity contribution in [1.82, 2.24) is 5.32 Å². The van der Waals surface area contributed by atoms with Crippen LogP contribution in [0.2, 0.25) is 0 Å². The molecule has 0 amide bonds. The van der Waals surface area contributed by atoms with E-state index in [1.807, 2.05) is 13.0 Å². The lowest BCUT2D eigenvalue weighted by Gasteiger charge is -2.14. The van der Waals surface area contributed by atoms with Crippen molar-refractivity contribution in [2.75, 3.05) is 0 Å². The van der Waals surface area contributed by atoms with Crippen LogP contribution < -0.4 is 5.32 Å². The molecule has 0 heterocycles. The van der Waals surface area contributed by atoms with Gasteiger partial charge in [0.2, 0.25) is 0 Å². The highest BCUT2D eigenvalue weighted by atomic mass is 79.9. The Morgan fingerprint density at radius 2 is 1.90 bits per heavy atom. The summed E-state index contributed by atoms with van der Waals surface area (Å²) in [6.07, 6.45) is 0. The van der Waals surface area contributed by atoms with Gasteiger partial charge in [-0.2, -0.15) is 0 Å². The van der Waals surface area contributed by atoms with Gasteiger partial charge in [-0.3, -0.25) is 10.1 Å². The summed E-state index contributed by atoms with van der Waals surface area (Å²) < 4.78 is 0.713. The van der Waals surface area contributed by atoms with Crippen molar-refractivity contribution in [2.45, 2.75) is 26.4 Å². The second-order valence-corrected chi connectivity index (χ2v) is 5.96. The van der Waals surface area contributed by atoms with Gasteiger partial charge < -0.3 is 5.32 Å². The van der Waals surface area contributed by atoms with E-state index in [0.29, 0.717) is 16.6 Å². The molecular weight excluding hydrogens is 332 g/mol. The Labute approximate surface area is 132 Å². The summed E-state index contributed by atoms with van der Waals surface area (Å²) in [5.41, 5.74) is 3.20. The number of aryl methyl sites for hydroxylation is 1. The van der Waals surface area contributed by atoms with Crippen molar-refractivity contribution >= 4 is 21.6 Å². The number of halogens is 1. The Bertz CT molecular complexity index is 641. The number of nitrogens with one attached hydrogen (secondary N) is 1. The number of nitro groups is 1. The molecule has 0 aliphatic rings. The predicted molar refractivity (Wildman–Crippen MR) is 87.2 cm³/mol. The van der Waals surface area contributed by atoms with Crippen LogP contribution in [0.3, 0.4) is 0 Å². The topological polar surface area (TPSA) is 55.2 Å². The Hall–Kier alpha value is -1.72. The maximum atomic E-state index is 11.1. The van der Waals surface area contributed by atoms with E-state index in [0.717, 1.165) is 0 Å². The molecule has 0 saturated carbocycles. The third kappa shape index (κ3) is 4.12. The fourth-order valence-corrected chi connectivity index (χ4v) is 2.44. The second kappa shape index (κ2) is 6.83. The smallest absolute Gasteiger partial charge is 0.275 e. The quantitative estimate of drug-likeness (QED) is 0.638. The second-order valence-electron chi connectivity index (χ2n) is 5.04. The zero-order valence-electron chi connectivity index (χ0n) is 12.0. The minimum atomic E-state index is -0.349. The predicted octanol–water partition coefficient (Wildman–Crippen LogP) is 4.52. The van der Waals surface area contributed by atoms with Crippen LogP contribution in [0.15, 0.2) is 46.9 Å². The maximum absolute atomic E-state index is 11.1. The zero-order chi connectivity index (χ0) is 15.4. The van der Waals surface area contributed by atoms with Gasteiger partial charge in [-0.1, -0.05) is 45.8 Å². The lowest BCUT2D eigenvalue weighted by Crippen LogP contribution is -2.18. The normalized spacial score (nSPS) is 12.1. The van der Waals surface area contributed by atoms with Crippen LogP contribution in [0.25, 0.3) is 0 Å². The van der Waals surface area contributed by atoms with Crippen LogP contribution in [-0.2, 0) is 6.54 Å². The molecule has 5 heteroatoms. The summed E-state index contributed by atoms with van der Waals surface area (Å²) in [6, 6.07) is 13.5. The molecule has 4 nitrogen and oxygen atoms in total. The lowest BCUT2D eigenvalue weighted by molar-refractivity contribution is -0.385. The molecular formula is C16H17BrN2O2. The third-order valence-electron chi connectivity index (χ3n) is 3.42. The molecule has 2 aromatic rings. The van der Waals surface area contributed by atoms with Gasteiger partial charge in [0.15, 0.2) is 0 Å². The summed E-state index contributed by atoms with van der Waals surface area (Å²) in [6.45, 7) is 4.56. The standard InChI is InChI=1S/C16H17BrN2O2/c1-11-3-5-13(6-4-11)12(2)18-10-14-7-8-15(17)9-16(14)19(20)21/h3-9,12,18H,10H2,1-2H3/t12-/m1/s1. The molecule has 1 atom stereocenters. The zero-order valence-corrected chi connectivity index (χ0v) is 13.6. The van der Waals surface area contributed by atoms with E-state index in [1.165, 1.54) is 17.2 Å². The van der Waals surface area contributed by atoms with Crippen LogP contribution >= 0.6 is 15.9 Å². The van der Waals surface area contributed by atoms with Crippen molar-refractivity contribution in [3.8, 4) is 0 Å². The van der Waals surface area contributed by atoms with E-state index in [4.69, 9.17) is 0 Å². The van der Waals surface area contributed by atoms with Crippen molar-refractivity contribution in [1.29, 1.82) is 0 Å². The Balaban J connectivity index is 2.09. The van der Waals surface area contributed by atoms with Gasteiger partial charge in [0, 0.05) is 28.7 Å². The highest BCUT2D eigenvalue weighted by Gasteiger charge is 2.15. The van der Waals surface area contributed by atoms with Crippen molar-refractivity contribution in [3.05, 3.63) is 73.7 Å². The van der Waals surface area contributed by atoms with Gasteiger partial charge in [0.1, 0.15) is 0 Å². The molecule has 0 aliphatic carbocycles. The van der Waals surface area contributed by atoms with Crippen molar-refractivity contribution < 1.29 is 4.92 Å². The number of nitro benzene ring substituents is 1. The average molecular weight is 349 g/mol. The first kappa shape index (κ1) is 15.7. The molecule has 1 N–H and O–H groups in total. The van der Waals surface area contributed by atoms with Crippen LogP contribution in [0.4, 0.5) is 5.69 Å². The van der Waals surface area contributed by atoms with Crippen LogP contribution in [0.5, 0.6) is 0 Å². The van der Waals surface area contributed by atoms with E-state index in [9.17, 15) is 10.1 Å². The molecule has 0 aromatic heterocycles. The first-order valence-corrected chi connectivity index (χ1v) is 7.49. The third-order valence-corrected chi connectivity index (χ3v) is 3.91. The largest absolute Gasteiger partial charge is 0.306 e. The molecule has 0 aliphatic heterocycles. The molecule has 21 heavy (non-hydrogen) atoms. The summed E-state index contributed by atoms with van der Waals surface area (Å²) >= 11 is 3.26. The van der Waals surface area contributed by atoms with Crippen LogP contribution in [-0.4, -0.2) is 4.92 Å². The number of benzene rings is 2. The average Bonchev–Trinajstić information content (AvgIpc) is 2.46. The van der Waals surface area contributed by atoms with E-state index in [2.05, 4.69) is 52.4 Å². The van der Waals surface area contributed by atoms with E-state index in [-0.39, 0.29) is 16.7 Å². The molecule has 0 fully saturated rings. The van der Waals surface area contributed by atoms with Crippen molar-refractivity contribution in [2.24, 2.45) is 0 Å². The minimum Gasteiger partial charge on any atom is -0.306 e. The molecule has 0 radical (unpaired) electrons. The van der Waals surface area contributed by atoms with Gasteiger partial charge in [0.05, 0.1) is 4.92 Å². The fraction of sp³-hybridized carbons (Fsp3) is 0.250. The number of nitrogens with zero attached hydrogens (tertiary/aromatic N) is 1. The summed E-state index contributed by atoms with van der Waals surface area (Å²) in [5, 5.41) is 14.4. The fourth-order valence-electron chi connectivity index (χ4n) is 2.09. The monoisotopic (exact) mass is 348 g/mol. The first-order valence-electron chi connectivity index (χ1n) is 6.70. The molecule has 0 unspecified atom stereocenters. The molecule has 2 rings (SSSR count). The minimum absolute atomic E-state index is 0.132. The van der Waals surface area contributed by atoms with Crippen LogP contribution in [0, 0.1) is 17.0 Å². The molecule has 2 aromatic carbocycles. The molecule has 0 saturated heterocycles. The number of hydrogen-bond donors (Lipinski definition) is 1. The van der Waals surface area contributed by atoms with E-state index >= 15 is 0 Å². The summed E-state index contributed by atoms with van der Waals surface area (Å²) in [7, 11) is 0. The van der Waals surface area contributed by atoms with Gasteiger partial charge >= 0.3 is 0 Å². The van der Waals surface area contributed by atoms with Gasteiger partial charge in [-0.25, -0.2) is 0 Å². The van der Waals surface area contributed by atoms with Gasteiger partial charge in [-0.05, 0) is 31.5 Å². The highest BCUT2D eigenvalue weighted by Crippen LogP contribution is 2.24. The first-order chi connectivity index (χ1) is 9.97. The van der Waals surface area contributed by atoms with Gasteiger partial charge in [-0.15, -0.1) is 0 Å². The maximum Gasteiger partial charge on any atom is 0.275 e. The summed E-state index contributed by atoms with van der Waals surface area (Å²) in [5.74, 6) is 0. The van der Waals surface area contributed by atoms with Gasteiger partial charge in [0.25, 0.3) is 5.69 Å². The number of hydrogen-bond acceptors (Lipinski definition) is 3.